The van der Waals surface area contributed by atoms with E-state index in [2.05, 4.69) is 65.1 Å². The van der Waals surface area contributed by atoms with Crippen molar-refractivity contribution in [2.45, 2.75) is 19.3 Å². The Morgan fingerprint density at radius 3 is 2.80 bits per heavy atom. The molecule has 0 saturated heterocycles. The first-order valence-corrected chi connectivity index (χ1v) is 8.58. The van der Waals surface area contributed by atoms with Gasteiger partial charge in [0.2, 0.25) is 0 Å². The molecule has 0 radical (unpaired) electrons. The van der Waals surface area contributed by atoms with E-state index in [4.69, 9.17) is 0 Å². The van der Waals surface area contributed by atoms with E-state index in [1.165, 1.54) is 16.7 Å². The lowest BCUT2D eigenvalue weighted by molar-refractivity contribution is 0.943. The number of pyridine rings is 1. The van der Waals surface area contributed by atoms with Crippen LogP contribution in [0.5, 0.6) is 0 Å². The predicted molar refractivity (Wildman–Crippen MR) is 107 cm³/mol. The number of aromatic nitrogens is 1. The minimum absolute atomic E-state index is 0.910. The first-order valence-electron chi connectivity index (χ1n) is 8.58. The van der Waals surface area contributed by atoms with Crippen LogP contribution in [0.1, 0.15) is 29.7 Å². The Morgan fingerprint density at radius 2 is 2.04 bits per heavy atom. The highest BCUT2D eigenvalue weighted by molar-refractivity contribution is 6.02. The molecule has 0 N–H and O–H groups in total. The number of hydrogen-bond acceptors (Lipinski definition) is 2. The van der Waals surface area contributed by atoms with Gasteiger partial charge in [0.15, 0.2) is 0 Å². The summed E-state index contributed by atoms with van der Waals surface area (Å²) in [6.07, 6.45) is 16.7. The average Bonchev–Trinajstić information content (AvgIpc) is 3.20. The third-order valence-corrected chi connectivity index (χ3v) is 4.08. The Kier molecular flexibility index (Phi) is 5.89. The molecule has 0 amide bonds. The van der Waals surface area contributed by atoms with Crippen molar-refractivity contribution in [1.29, 1.82) is 0 Å². The molecule has 0 saturated carbocycles. The van der Waals surface area contributed by atoms with Crippen molar-refractivity contribution in [3.05, 3.63) is 109 Å². The maximum atomic E-state index is 4.50. The van der Waals surface area contributed by atoms with E-state index in [1.54, 1.807) is 6.08 Å². The van der Waals surface area contributed by atoms with Crippen LogP contribution in [0, 0.1) is 0 Å². The number of nitrogens with zero attached hydrogens (tertiary/aromatic N) is 2. The summed E-state index contributed by atoms with van der Waals surface area (Å²) in [5.41, 5.74) is 5.82. The molecule has 0 fully saturated rings. The molecule has 0 bridgehead atoms. The molecular weight excluding hydrogens is 304 g/mol. The topological polar surface area (TPSA) is 25.2 Å². The van der Waals surface area contributed by atoms with Crippen molar-refractivity contribution in [2.24, 2.45) is 4.99 Å². The van der Waals surface area contributed by atoms with E-state index in [-0.39, 0.29) is 0 Å². The lowest BCUT2D eigenvalue weighted by atomic mass is 10.0. The van der Waals surface area contributed by atoms with E-state index >= 15 is 0 Å². The molecule has 0 unspecified atom stereocenters. The monoisotopic (exact) mass is 326 g/mol. The van der Waals surface area contributed by atoms with Gasteiger partial charge in [-0.15, -0.1) is 0 Å². The van der Waals surface area contributed by atoms with E-state index < -0.39 is 0 Å². The fourth-order valence-corrected chi connectivity index (χ4v) is 2.81. The largest absolute Gasteiger partial charge is 0.261 e. The number of aryl methyl sites for hydroxylation is 1. The first kappa shape index (κ1) is 16.8. The molecule has 2 heteroatoms. The van der Waals surface area contributed by atoms with Gasteiger partial charge in [0.25, 0.3) is 0 Å². The molecule has 1 aromatic heterocycles. The lowest BCUT2D eigenvalue weighted by Gasteiger charge is -2.05. The van der Waals surface area contributed by atoms with Crippen molar-refractivity contribution >= 4 is 11.3 Å². The fraction of sp³-hybridized carbons (Fsp3) is 0.130. The number of aliphatic imine (C=N–C) groups is 1. The second-order valence-corrected chi connectivity index (χ2v) is 5.86. The quantitative estimate of drug-likeness (QED) is 0.613. The van der Waals surface area contributed by atoms with E-state index in [1.807, 2.05) is 30.6 Å². The molecule has 0 spiro atoms. The van der Waals surface area contributed by atoms with Crippen LogP contribution in [0.3, 0.4) is 0 Å². The molecule has 1 aromatic carbocycles. The van der Waals surface area contributed by atoms with Crippen LogP contribution in [0.25, 0.3) is 5.57 Å². The third-order valence-electron chi connectivity index (χ3n) is 4.08. The minimum Gasteiger partial charge on any atom is -0.261 e. The van der Waals surface area contributed by atoms with Crippen LogP contribution >= 0.6 is 0 Å². The standard InChI is InChI=1S/C23H22N2/c1-2-3-9-19(20-10-5-4-6-11-20)12-7-13-22-18-21(15-17-24-22)23-14-8-16-25-23/h2-6,8-12,15-18H,1,7,13-14H2/b9-3-,19-12+. The Balaban J connectivity index is 1.71. The van der Waals surface area contributed by atoms with Crippen LogP contribution in [0.2, 0.25) is 0 Å². The summed E-state index contributed by atoms with van der Waals surface area (Å²) >= 11 is 0. The van der Waals surface area contributed by atoms with Crippen LogP contribution in [0.15, 0.2) is 96.8 Å². The highest BCUT2D eigenvalue weighted by Gasteiger charge is 2.06. The summed E-state index contributed by atoms with van der Waals surface area (Å²) in [6, 6.07) is 14.6. The Labute approximate surface area is 149 Å². The minimum atomic E-state index is 0.910. The van der Waals surface area contributed by atoms with Gasteiger partial charge in [-0.05, 0) is 41.7 Å². The third kappa shape index (κ3) is 4.74. The van der Waals surface area contributed by atoms with Gasteiger partial charge in [-0.3, -0.25) is 9.98 Å². The molecule has 2 nitrogen and oxygen atoms in total. The molecular formula is C23H22N2. The summed E-state index contributed by atoms with van der Waals surface area (Å²) in [4.78, 5) is 8.91. The summed E-state index contributed by atoms with van der Waals surface area (Å²) < 4.78 is 0. The van der Waals surface area contributed by atoms with Crippen LogP contribution in [0.4, 0.5) is 0 Å². The highest BCUT2D eigenvalue weighted by atomic mass is 14.7. The number of benzene rings is 1. The lowest BCUT2D eigenvalue weighted by Crippen LogP contribution is -1.99. The van der Waals surface area contributed by atoms with Gasteiger partial charge >= 0.3 is 0 Å². The van der Waals surface area contributed by atoms with E-state index in [9.17, 15) is 0 Å². The molecule has 25 heavy (non-hydrogen) atoms. The molecule has 124 valence electrons. The van der Waals surface area contributed by atoms with Crippen LogP contribution in [-0.4, -0.2) is 10.7 Å². The molecule has 3 rings (SSSR count). The van der Waals surface area contributed by atoms with Gasteiger partial charge in [0.05, 0.1) is 5.71 Å². The van der Waals surface area contributed by atoms with Crippen molar-refractivity contribution in [1.82, 2.24) is 4.98 Å². The molecule has 1 aliphatic rings. The second-order valence-electron chi connectivity index (χ2n) is 5.86. The molecule has 1 aliphatic heterocycles. The maximum absolute atomic E-state index is 4.50. The SMILES string of the molecule is C=C/C=C\C(=C/CCc1cc(C2=NC=CC2)ccn1)c1ccccc1. The number of allylic oxidation sites excluding steroid dienone is 6. The smallest absolute Gasteiger partial charge is 0.0515 e. The van der Waals surface area contributed by atoms with Crippen molar-refractivity contribution in [3.8, 4) is 0 Å². The van der Waals surface area contributed by atoms with Gasteiger partial charge < -0.3 is 0 Å². The Hall–Kier alpha value is -3.00. The molecule has 2 heterocycles. The maximum Gasteiger partial charge on any atom is 0.0515 e. The number of hydrogen-bond donors (Lipinski definition) is 0. The zero-order valence-electron chi connectivity index (χ0n) is 14.3. The van der Waals surface area contributed by atoms with Gasteiger partial charge in [-0.1, -0.05) is 67.3 Å². The summed E-state index contributed by atoms with van der Waals surface area (Å²) in [5.74, 6) is 0. The number of rotatable bonds is 7. The Morgan fingerprint density at radius 1 is 1.16 bits per heavy atom. The highest BCUT2D eigenvalue weighted by Crippen LogP contribution is 2.18. The first-order chi connectivity index (χ1) is 12.4. The summed E-state index contributed by atoms with van der Waals surface area (Å²) in [6.45, 7) is 3.76. The summed E-state index contributed by atoms with van der Waals surface area (Å²) in [5, 5.41) is 0. The predicted octanol–water partition coefficient (Wildman–Crippen LogP) is 5.55. The van der Waals surface area contributed by atoms with Crippen molar-refractivity contribution < 1.29 is 0 Å². The zero-order valence-corrected chi connectivity index (χ0v) is 14.3. The van der Waals surface area contributed by atoms with Gasteiger partial charge in [-0.25, -0.2) is 0 Å². The zero-order chi connectivity index (χ0) is 17.3. The van der Waals surface area contributed by atoms with Gasteiger partial charge in [-0.2, -0.15) is 0 Å². The van der Waals surface area contributed by atoms with Crippen molar-refractivity contribution in [2.75, 3.05) is 0 Å². The van der Waals surface area contributed by atoms with Gasteiger partial charge in [0.1, 0.15) is 0 Å². The fourth-order valence-electron chi connectivity index (χ4n) is 2.81. The molecule has 0 atom stereocenters. The van der Waals surface area contributed by atoms with Gasteiger partial charge in [0, 0.05) is 24.5 Å². The van der Waals surface area contributed by atoms with Crippen LogP contribution in [-0.2, 0) is 6.42 Å². The van der Waals surface area contributed by atoms with Crippen LogP contribution < -0.4 is 0 Å². The summed E-state index contributed by atoms with van der Waals surface area (Å²) in [7, 11) is 0. The molecule has 2 aromatic rings. The second kappa shape index (κ2) is 8.74. The average molecular weight is 326 g/mol. The van der Waals surface area contributed by atoms with E-state index in [0.717, 1.165) is 30.7 Å². The Bertz CT molecular complexity index is 839. The van der Waals surface area contributed by atoms with Crippen molar-refractivity contribution in [3.63, 3.8) is 0 Å². The normalized spacial score (nSPS) is 14.1. The van der Waals surface area contributed by atoms with E-state index in [0.29, 0.717) is 0 Å². The molecule has 0 aliphatic carbocycles.